The Morgan fingerprint density at radius 1 is 1.29 bits per heavy atom. The molecule has 1 aromatic carbocycles. The molecule has 0 spiro atoms. The monoisotopic (exact) mass is 328 g/mol. The van der Waals surface area contributed by atoms with Crippen LogP contribution in [0, 0.1) is 0 Å². The number of nitrogen functional groups attached to an aromatic ring is 1. The van der Waals surface area contributed by atoms with Crippen LogP contribution in [0.5, 0.6) is 0 Å². The Labute approximate surface area is 118 Å². The Hall–Kier alpha value is -0.710. The first-order valence-corrected chi connectivity index (χ1v) is 7.09. The summed E-state index contributed by atoms with van der Waals surface area (Å²) in [4.78, 5) is 5.22. The maximum absolute atomic E-state index is 6.09. The molecule has 2 aromatic rings. The normalized spacial score (nSPS) is 10.5. The van der Waals surface area contributed by atoms with Crippen LogP contribution in [-0.2, 0) is 5.75 Å². The predicted molar refractivity (Wildman–Crippen MR) is 77.4 cm³/mol. The van der Waals surface area contributed by atoms with Gasteiger partial charge in [0.05, 0.1) is 10.7 Å². The number of aromatic nitrogens is 1. The highest BCUT2D eigenvalue weighted by Crippen LogP contribution is 2.34. The van der Waals surface area contributed by atoms with Gasteiger partial charge in [-0.3, -0.25) is 4.98 Å². The minimum atomic E-state index is 0.687. The van der Waals surface area contributed by atoms with Gasteiger partial charge in [-0.15, -0.1) is 11.8 Å². The minimum absolute atomic E-state index is 0.687. The van der Waals surface area contributed by atoms with Gasteiger partial charge in [-0.05, 0) is 40.2 Å². The van der Waals surface area contributed by atoms with Gasteiger partial charge < -0.3 is 5.73 Å². The number of halogens is 2. The third-order valence-corrected chi connectivity index (χ3v) is 4.23. The zero-order valence-electron chi connectivity index (χ0n) is 8.86. The SMILES string of the molecule is Nc1cccc(Cl)c1SCc1ccc(Br)cn1. The molecule has 0 aliphatic rings. The van der Waals surface area contributed by atoms with Crippen molar-refractivity contribution in [2.45, 2.75) is 10.6 Å². The summed E-state index contributed by atoms with van der Waals surface area (Å²) >= 11 is 11.0. The van der Waals surface area contributed by atoms with Crippen LogP contribution in [0.15, 0.2) is 45.9 Å². The zero-order chi connectivity index (χ0) is 12.3. The summed E-state index contributed by atoms with van der Waals surface area (Å²) < 4.78 is 0.975. The molecule has 2 N–H and O–H groups in total. The molecule has 0 radical (unpaired) electrons. The van der Waals surface area contributed by atoms with E-state index in [0.29, 0.717) is 10.7 Å². The highest BCUT2D eigenvalue weighted by atomic mass is 79.9. The lowest BCUT2D eigenvalue weighted by atomic mass is 10.3. The second-order valence-corrected chi connectivity index (χ2v) is 5.72. The van der Waals surface area contributed by atoms with E-state index in [-0.39, 0.29) is 0 Å². The molecular weight excluding hydrogens is 320 g/mol. The topological polar surface area (TPSA) is 38.9 Å². The Morgan fingerprint density at radius 3 is 2.76 bits per heavy atom. The van der Waals surface area contributed by atoms with Crippen molar-refractivity contribution in [1.29, 1.82) is 0 Å². The van der Waals surface area contributed by atoms with Crippen LogP contribution in [-0.4, -0.2) is 4.98 Å². The molecule has 2 rings (SSSR count). The largest absolute Gasteiger partial charge is 0.398 e. The van der Waals surface area contributed by atoms with Crippen molar-refractivity contribution in [1.82, 2.24) is 4.98 Å². The van der Waals surface area contributed by atoms with Crippen molar-refractivity contribution in [3.8, 4) is 0 Å². The molecular formula is C12H10BrClN2S. The van der Waals surface area contributed by atoms with Gasteiger partial charge in [0.25, 0.3) is 0 Å². The van der Waals surface area contributed by atoms with Crippen molar-refractivity contribution in [2.24, 2.45) is 0 Å². The van der Waals surface area contributed by atoms with Gasteiger partial charge in [0.1, 0.15) is 0 Å². The number of hydrogen-bond donors (Lipinski definition) is 1. The summed E-state index contributed by atoms with van der Waals surface area (Å²) in [5.74, 6) is 0.751. The summed E-state index contributed by atoms with van der Waals surface area (Å²) in [6.45, 7) is 0. The number of anilines is 1. The predicted octanol–water partition coefficient (Wildman–Crippen LogP) is 4.37. The lowest BCUT2D eigenvalue weighted by Gasteiger charge is -2.07. The number of pyridine rings is 1. The number of nitrogens with zero attached hydrogens (tertiary/aromatic N) is 1. The molecule has 0 unspecified atom stereocenters. The molecule has 17 heavy (non-hydrogen) atoms. The minimum Gasteiger partial charge on any atom is -0.398 e. The fraction of sp³-hybridized carbons (Fsp3) is 0.0833. The van der Waals surface area contributed by atoms with E-state index in [2.05, 4.69) is 20.9 Å². The van der Waals surface area contributed by atoms with Gasteiger partial charge in [-0.1, -0.05) is 17.7 Å². The van der Waals surface area contributed by atoms with Crippen LogP contribution in [0.3, 0.4) is 0 Å². The summed E-state index contributed by atoms with van der Waals surface area (Å²) in [6.07, 6.45) is 1.78. The molecule has 5 heteroatoms. The fourth-order valence-corrected chi connectivity index (χ4v) is 2.80. The molecule has 88 valence electrons. The van der Waals surface area contributed by atoms with Crippen molar-refractivity contribution in [3.05, 3.63) is 51.7 Å². The number of nitrogens with two attached hydrogens (primary N) is 1. The van der Waals surface area contributed by atoms with Gasteiger partial charge in [0.15, 0.2) is 0 Å². The van der Waals surface area contributed by atoms with E-state index in [9.17, 15) is 0 Å². The summed E-state index contributed by atoms with van der Waals surface area (Å²) in [7, 11) is 0. The molecule has 1 aromatic heterocycles. The summed E-state index contributed by atoms with van der Waals surface area (Å²) in [6, 6.07) is 9.49. The van der Waals surface area contributed by atoms with Crippen LogP contribution in [0.25, 0.3) is 0 Å². The molecule has 0 atom stereocenters. The molecule has 1 heterocycles. The molecule has 0 fully saturated rings. The van der Waals surface area contributed by atoms with Gasteiger partial charge in [0.2, 0.25) is 0 Å². The van der Waals surface area contributed by atoms with Crippen LogP contribution < -0.4 is 5.73 Å². The fourth-order valence-electron chi connectivity index (χ4n) is 1.32. The Bertz CT molecular complexity index is 496. The molecule has 2 nitrogen and oxygen atoms in total. The average molecular weight is 330 g/mol. The van der Waals surface area contributed by atoms with Crippen LogP contribution in [0.1, 0.15) is 5.69 Å². The van der Waals surface area contributed by atoms with E-state index in [1.807, 2.05) is 30.3 Å². The smallest absolute Gasteiger partial charge is 0.0562 e. The molecule has 0 amide bonds. The number of rotatable bonds is 3. The van der Waals surface area contributed by atoms with E-state index in [4.69, 9.17) is 17.3 Å². The van der Waals surface area contributed by atoms with Gasteiger partial charge in [0, 0.05) is 27.0 Å². The van der Waals surface area contributed by atoms with Gasteiger partial charge >= 0.3 is 0 Å². The van der Waals surface area contributed by atoms with E-state index in [1.165, 1.54) is 0 Å². The Kier molecular flexibility index (Phi) is 4.31. The highest BCUT2D eigenvalue weighted by Gasteiger charge is 2.05. The molecule has 0 aliphatic carbocycles. The quantitative estimate of drug-likeness (QED) is 0.671. The van der Waals surface area contributed by atoms with E-state index in [0.717, 1.165) is 20.8 Å². The zero-order valence-corrected chi connectivity index (χ0v) is 12.0. The van der Waals surface area contributed by atoms with Crippen molar-refractivity contribution < 1.29 is 0 Å². The maximum atomic E-state index is 6.09. The van der Waals surface area contributed by atoms with Crippen LogP contribution in [0.2, 0.25) is 5.02 Å². The molecule has 0 bridgehead atoms. The third-order valence-electron chi connectivity index (χ3n) is 2.15. The standard InChI is InChI=1S/C12H10BrClN2S/c13-8-4-5-9(16-6-8)7-17-12-10(14)2-1-3-11(12)15/h1-6H,7,15H2. The first kappa shape index (κ1) is 12.7. The maximum Gasteiger partial charge on any atom is 0.0562 e. The second kappa shape index (κ2) is 5.76. The van der Waals surface area contributed by atoms with Crippen LogP contribution >= 0.6 is 39.3 Å². The number of thioether (sulfide) groups is 1. The summed E-state index contributed by atoms with van der Waals surface area (Å²) in [5.41, 5.74) is 7.58. The highest BCUT2D eigenvalue weighted by molar-refractivity contribution is 9.10. The Morgan fingerprint density at radius 2 is 2.12 bits per heavy atom. The lowest BCUT2D eigenvalue weighted by molar-refractivity contribution is 1.16. The number of benzene rings is 1. The van der Waals surface area contributed by atoms with Gasteiger partial charge in [-0.25, -0.2) is 0 Å². The number of hydrogen-bond acceptors (Lipinski definition) is 3. The lowest BCUT2D eigenvalue weighted by Crippen LogP contribution is -1.91. The van der Waals surface area contributed by atoms with Crippen molar-refractivity contribution >= 4 is 45.0 Å². The first-order valence-electron chi connectivity index (χ1n) is 4.94. The van der Waals surface area contributed by atoms with Crippen molar-refractivity contribution in [3.63, 3.8) is 0 Å². The van der Waals surface area contributed by atoms with Crippen LogP contribution in [0.4, 0.5) is 5.69 Å². The van der Waals surface area contributed by atoms with E-state index >= 15 is 0 Å². The second-order valence-electron chi connectivity index (χ2n) is 3.41. The first-order chi connectivity index (χ1) is 8.16. The molecule has 0 saturated carbocycles. The van der Waals surface area contributed by atoms with Crippen molar-refractivity contribution in [2.75, 3.05) is 5.73 Å². The molecule has 0 saturated heterocycles. The van der Waals surface area contributed by atoms with Gasteiger partial charge in [-0.2, -0.15) is 0 Å². The molecule has 0 aliphatic heterocycles. The Balaban J connectivity index is 2.10. The van der Waals surface area contributed by atoms with E-state index < -0.39 is 0 Å². The average Bonchev–Trinajstić information content (AvgIpc) is 2.31. The van der Waals surface area contributed by atoms with E-state index in [1.54, 1.807) is 18.0 Å². The summed E-state index contributed by atoms with van der Waals surface area (Å²) in [5, 5.41) is 0.687. The third kappa shape index (κ3) is 3.37.